The molecule has 1 aromatic rings. The number of carbonyl (C=O) groups is 2. The van der Waals surface area contributed by atoms with Crippen LogP contribution in [0.25, 0.3) is 0 Å². The number of hydrogen-bond donors (Lipinski definition) is 1. The van der Waals surface area contributed by atoms with Gasteiger partial charge in [0.1, 0.15) is 11.6 Å². The number of hydrogen-bond acceptors (Lipinski definition) is 3. The maximum Gasteiger partial charge on any atom is 0.225 e. The monoisotopic (exact) mass is 326 g/mol. The molecule has 0 bridgehead atoms. The molecule has 126 valence electrons. The van der Waals surface area contributed by atoms with Gasteiger partial charge in [0.15, 0.2) is 0 Å². The van der Waals surface area contributed by atoms with E-state index in [9.17, 15) is 18.4 Å². The molecule has 1 fully saturated rings. The number of rotatable bonds is 5. The summed E-state index contributed by atoms with van der Waals surface area (Å²) in [6.07, 6.45) is 0.726. The first-order valence-corrected chi connectivity index (χ1v) is 7.39. The number of piperidine rings is 1. The number of halogens is 2. The molecule has 1 N–H and O–H groups in total. The normalized spacial score (nSPS) is 21.4. The number of likely N-dealkylation sites (tertiary alicyclic amines) is 1. The van der Waals surface area contributed by atoms with Gasteiger partial charge in [-0.1, -0.05) is 0 Å². The van der Waals surface area contributed by atoms with Crippen molar-refractivity contribution < 1.29 is 23.1 Å². The predicted octanol–water partition coefficient (Wildman–Crippen LogP) is 1.46. The topological polar surface area (TPSA) is 58.6 Å². The van der Waals surface area contributed by atoms with E-state index in [2.05, 4.69) is 5.32 Å². The van der Waals surface area contributed by atoms with E-state index in [-0.39, 0.29) is 31.0 Å². The van der Waals surface area contributed by atoms with Crippen LogP contribution < -0.4 is 5.32 Å². The largest absolute Gasteiger partial charge is 0.383 e. The summed E-state index contributed by atoms with van der Waals surface area (Å²) in [4.78, 5) is 25.7. The average Bonchev–Trinajstić information content (AvgIpc) is 2.49. The zero-order valence-corrected chi connectivity index (χ0v) is 13.1. The van der Waals surface area contributed by atoms with Crippen LogP contribution in [0.4, 0.5) is 8.78 Å². The van der Waals surface area contributed by atoms with Crippen molar-refractivity contribution in [3.63, 3.8) is 0 Å². The second kappa shape index (κ2) is 7.50. The molecule has 1 saturated heterocycles. The zero-order valence-electron chi connectivity index (χ0n) is 13.1. The number of amides is 2. The van der Waals surface area contributed by atoms with Crippen LogP contribution in [-0.4, -0.2) is 43.5 Å². The van der Waals surface area contributed by atoms with Gasteiger partial charge in [-0.05, 0) is 24.1 Å². The van der Waals surface area contributed by atoms with E-state index in [1.807, 2.05) is 0 Å². The van der Waals surface area contributed by atoms with E-state index in [4.69, 9.17) is 4.74 Å². The van der Waals surface area contributed by atoms with E-state index in [1.54, 1.807) is 7.05 Å². The lowest BCUT2D eigenvalue weighted by Crippen LogP contribution is -2.53. The molecular weight excluding hydrogens is 306 g/mol. The van der Waals surface area contributed by atoms with Crippen LogP contribution in [0, 0.1) is 17.6 Å². The van der Waals surface area contributed by atoms with Gasteiger partial charge in [0, 0.05) is 33.2 Å². The van der Waals surface area contributed by atoms with Gasteiger partial charge in [0.2, 0.25) is 11.8 Å². The average molecular weight is 326 g/mol. The van der Waals surface area contributed by atoms with Gasteiger partial charge in [-0.15, -0.1) is 0 Å². The summed E-state index contributed by atoms with van der Waals surface area (Å²) < 4.78 is 31.4. The van der Waals surface area contributed by atoms with Gasteiger partial charge in [0.05, 0.1) is 18.6 Å². The van der Waals surface area contributed by atoms with Gasteiger partial charge >= 0.3 is 0 Å². The van der Waals surface area contributed by atoms with Gasteiger partial charge in [0.25, 0.3) is 0 Å². The summed E-state index contributed by atoms with van der Waals surface area (Å²) >= 11 is 0. The highest BCUT2D eigenvalue weighted by atomic mass is 19.1. The Hall–Kier alpha value is -2.02. The fraction of sp³-hybridized carbons (Fsp3) is 0.500. The lowest BCUT2D eigenvalue weighted by Gasteiger charge is -2.37. The van der Waals surface area contributed by atoms with Crippen molar-refractivity contribution in [3.05, 3.63) is 35.4 Å². The van der Waals surface area contributed by atoms with E-state index >= 15 is 0 Å². The molecule has 0 radical (unpaired) electrons. The number of likely N-dealkylation sites (N-methyl/N-ethyl adjacent to an activating group) is 1. The molecule has 0 spiro atoms. The highest BCUT2D eigenvalue weighted by Gasteiger charge is 2.37. The van der Waals surface area contributed by atoms with Crippen LogP contribution in [-0.2, 0) is 20.9 Å². The molecule has 0 aliphatic carbocycles. The molecule has 7 heteroatoms. The fourth-order valence-electron chi connectivity index (χ4n) is 2.84. The molecule has 0 unspecified atom stereocenters. The zero-order chi connectivity index (χ0) is 17.0. The third kappa shape index (κ3) is 4.25. The molecule has 1 aliphatic heterocycles. The minimum atomic E-state index is -0.686. The van der Waals surface area contributed by atoms with Crippen molar-refractivity contribution in [1.82, 2.24) is 10.2 Å². The summed E-state index contributed by atoms with van der Waals surface area (Å²) in [5.41, 5.74) is 0.347. The molecule has 1 aliphatic rings. The number of ether oxygens (including phenoxy) is 1. The van der Waals surface area contributed by atoms with E-state index < -0.39 is 17.6 Å². The summed E-state index contributed by atoms with van der Waals surface area (Å²) in [5.74, 6) is -2.06. The van der Waals surface area contributed by atoms with Gasteiger partial charge in [-0.3, -0.25) is 9.59 Å². The van der Waals surface area contributed by atoms with Crippen molar-refractivity contribution in [1.29, 1.82) is 0 Å². The highest BCUT2D eigenvalue weighted by Crippen LogP contribution is 2.24. The van der Waals surface area contributed by atoms with Crippen molar-refractivity contribution in [3.8, 4) is 0 Å². The number of carbonyl (C=O) groups excluding carboxylic acids is 2. The molecular formula is C16H20F2N2O3. The molecule has 2 atom stereocenters. The lowest BCUT2D eigenvalue weighted by atomic mass is 9.88. The van der Waals surface area contributed by atoms with Gasteiger partial charge in [-0.25, -0.2) is 8.78 Å². The number of benzene rings is 1. The van der Waals surface area contributed by atoms with Crippen LogP contribution >= 0.6 is 0 Å². The Morgan fingerprint density at radius 1 is 1.35 bits per heavy atom. The standard InChI is InChI=1S/C16H20F2N2O3/c1-20-14(9-23-2)13(3-4-15(20)21)16(22)19-8-10-5-11(17)7-12(18)6-10/h5-7,13-14H,3-4,8-9H2,1-2H3,(H,19,22)/t13-,14-/m1/s1. The quantitative estimate of drug-likeness (QED) is 0.891. The third-order valence-corrected chi connectivity index (χ3v) is 4.09. The maximum absolute atomic E-state index is 13.2. The smallest absolute Gasteiger partial charge is 0.225 e. The molecule has 23 heavy (non-hydrogen) atoms. The Balaban J connectivity index is 2.02. The van der Waals surface area contributed by atoms with Crippen molar-refractivity contribution in [2.75, 3.05) is 20.8 Å². The minimum Gasteiger partial charge on any atom is -0.383 e. The second-order valence-corrected chi connectivity index (χ2v) is 5.67. The van der Waals surface area contributed by atoms with Crippen LogP contribution in [0.3, 0.4) is 0 Å². The summed E-state index contributed by atoms with van der Waals surface area (Å²) in [7, 11) is 3.16. The molecule has 2 rings (SSSR count). The SMILES string of the molecule is COC[C@@H]1[C@H](C(=O)NCc2cc(F)cc(F)c2)CCC(=O)N1C. The lowest BCUT2D eigenvalue weighted by molar-refractivity contribution is -0.143. The third-order valence-electron chi connectivity index (χ3n) is 4.09. The van der Waals surface area contributed by atoms with E-state index in [0.717, 1.165) is 6.07 Å². The fourth-order valence-corrected chi connectivity index (χ4v) is 2.84. The van der Waals surface area contributed by atoms with E-state index in [0.29, 0.717) is 18.4 Å². The van der Waals surface area contributed by atoms with Crippen molar-refractivity contribution in [2.24, 2.45) is 5.92 Å². The Kier molecular flexibility index (Phi) is 5.65. The summed E-state index contributed by atoms with van der Waals surface area (Å²) in [5, 5.41) is 2.68. The first-order valence-electron chi connectivity index (χ1n) is 7.39. The number of nitrogens with zero attached hydrogens (tertiary/aromatic N) is 1. The van der Waals surface area contributed by atoms with Crippen LogP contribution in [0.5, 0.6) is 0 Å². The molecule has 1 aromatic carbocycles. The highest BCUT2D eigenvalue weighted by molar-refractivity contribution is 5.84. The number of methoxy groups -OCH3 is 1. The van der Waals surface area contributed by atoms with Gasteiger partial charge < -0.3 is 15.0 Å². The predicted molar refractivity (Wildman–Crippen MR) is 79.4 cm³/mol. The molecule has 2 amide bonds. The maximum atomic E-state index is 13.2. The van der Waals surface area contributed by atoms with Crippen LogP contribution in [0.2, 0.25) is 0 Å². The van der Waals surface area contributed by atoms with Crippen molar-refractivity contribution in [2.45, 2.75) is 25.4 Å². The Morgan fingerprint density at radius 3 is 2.61 bits per heavy atom. The Bertz CT molecular complexity index is 574. The summed E-state index contributed by atoms with van der Waals surface area (Å²) in [6.45, 7) is 0.288. The van der Waals surface area contributed by atoms with Crippen LogP contribution in [0.15, 0.2) is 18.2 Å². The van der Waals surface area contributed by atoms with Crippen molar-refractivity contribution >= 4 is 11.8 Å². The van der Waals surface area contributed by atoms with Gasteiger partial charge in [-0.2, -0.15) is 0 Å². The minimum absolute atomic E-state index is 0.0247. The molecule has 5 nitrogen and oxygen atoms in total. The Labute approximate surface area is 133 Å². The molecule has 0 aromatic heterocycles. The molecule has 1 heterocycles. The molecule has 0 saturated carbocycles. The second-order valence-electron chi connectivity index (χ2n) is 5.67. The first-order chi connectivity index (χ1) is 10.9. The summed E-state index contributed by atoms with van der Waals surface area (Å²) in [6, 6.07) is 2.78. The first kappa shape index (κ1) is 17.3. The van der Waals surface area contributed by atoms with E-state index in [1.165, 1.54) is 24.1 Å². The van der Waals surface area contributed by atoms with Crippen LogP contribution in [0.1, 0.15) is 18.4 Å². The number of nitrogens with one attached hydrogen (secondary N) is 1. The Morgan fingerprint density at radius 2 is 2.00 bits per heavy atom.